The summed E-state index contributed by atoms with van der Waals surface area (Å²) in [6.07, 6.45) is 6.74. The molecule has 1 aliphatic rings. The van der Waals surface area contributed by atoms with E-state index in [0.29, 0.717) is 12.6 Å². The molecule has 3 N–H and O–H groups in total. The van der Waals surface area contributed by atoms with E-state index in [1.807, 2.05) is 18.2 Å². The molecule has 4 nitrogen and oxygen atoms in total. The highest BCUT2D eigenvalue weighted by Gasteiger charge is 2.12. The number of H-pyrrole nitrogens is 1. The molecule has 1 fully saturated rings. The molecule has 2 aromatic rings. The normalized spacial score (nSPS) is 19.0. The highest BCUT2D eigenvalue weighted by Crippen LogP contribution is 2.14. The minimum Gasteiger partial charge on any atom is -0.361 e. The zero-order valence-electron chi connectivity index (χ0n) is 12.2. The van der Waals surface area contributed by atoms with Crippen molar-refractivity contribution in [3.63, 3.8) is 0 Å². The number of piperidine rings is 1. The van der Waals surface area contributed by atoms with Crippen LogP contribution in [0.15, 0.2) is 24.4 Å². The quantitative estimate of drug-likeness (QED) is 0.563. The predicted octanol–water partition coefficient (Wildman–Crippen LogP) is 2.27. The van der Waals surface area contributed by atoms with E-state index in [1.54, 1.807) is 6.20 Å². The minimum absolute atomic E-state index is 0.142. The van der Waals surface area contributed by atoms with Gasteiger partial charge in [0.15, 0.2) is 5.78 Å². The van der Waals surface area contributed by atoms with Gasteiger partial charge in [-0.15, -0.1) is 0 Å². The number of rotatable bonds is 6. The van der Waals surface area contributed by atoms with Crippen LogP contribution < -0.4 is 10.6 Å². The Bertz CT molecular complexity index is 599. The molecule has 1 radical (unpaired) electrons. The summed E-state index contributed by atoms with van der Waals surface area (Å²) in [4.78, 5) is 15.2. The van der Waals surface area contributed by atoms with Gasteiger partial charge in [-0.05, 0) is 38.4 Å². The molecule has 0 spiro atoms. The van der Waals surface area contributed by atoms with E-state index in [-0.39, 0.29) is 5.78 Å². The number of aromatic nitrogens is 1. The number of carbonyl (C=O) groups is 1. The van der Waals surface area contributed by atoms with Crippen LogP contribution in [0, 0.1) is 6.07 Å². The molecule has 0 aliphatic carbocycles. The minimum atomic E-state index is 0.142. The molecule has 0 amide bonds. The Morgan fingerprint density at radius 2 is 2.33 bits per heavy atom. The van der Waals surface area contributed by atoms with Crippen LogP contribution in [0.2, 0.25) is 0 Å². The van der Waals surface area contributed by atoms with Crippen LogP contribution in [-0.2, 0) is 0 Å². The SMILES string of the molecule is O=C(CNCCC1CCCCN1)c1ccc2[c]c[nH]c2c1. The van der Waals surface area contributed by atoms with E-state index < -0.39 is 0 Å². The van der Waals surface area contributed by atoms with Crippen LogP contribution in [0.5, 0.6) is 0 Å². The van der Waals surface area contributed by atoms with Crippen molar-refractivity contribution in [3.8, 4) is 0 Å². The lowest BCUT2D eigenvalue weighted by molar-refractivity contribution is 0.0991. The number of fused-ring (bicyclic) bond motifs is 1. The highest BCUT2D eigenvalue weighted by molar-refractivity contribution is 6.00. The first kappa shape index (κ1) is 14.3. The third-order valence-corrected chi connectivity index (χ3v) is 4.16. The number of carbonyl (C=O) groups excluding carboxylic acids is 1. The van der Waals surface area contributed by atoms with Crippen LogP contribution >= 0.6 is 0 Å². The van der Waals surface area contributed by atoms with Crippen LogP contribution in [0.4, 0.5) is 0 Å². The molecular formula is C17H22N3O. The zero-order valence-corrected chi connectivity index (χ0v) is 12.2. The van der Waals surface area contributed by atoms with Crippen molar-refractivity contribution in [1.82, 2.24) is 15.6 Å². The van der Waals surface area contributed by atoms with Gasteiger partial charge in [-0.1, -0.05) is 18.6 Å². The molecule has 1 aliphatic heterocycles. The van der Waals surface area contributed by atoms with Gasteiger partial charge in [0.2, 0.25) is 0 Å². The average Bonchev–Trinajstić information content (AvgIpc) is 3.00. The van der Waals surface area contributed by atoms with Crippen molar-refractivity contribution in [2.75, 3.05) is 19.6 Å². The summed E-state index contributed by atoms with van der Waals surface area (Å²) < 4.78 is 0. The third kappa shape index (κ3) is 3.71. The highest BCUT2D eigenvalue weighted by atomic mass is 16.1. The lowest BCUT2D eigenvalue weighted by atomic mass is 10.0. The molecule has 1 aromatic carbocycles. The summed E-state index contributed by atoms with van der Waals surface area (Å²) in [7, 11) is 0. The van der Waals surface area contributed by atoms with E-state index >= 15 is 0 Å². The molecule has 1 unspecified atom stereocenters. The van der Waals surface area contributed by atoms with Crippen molar-refractivity contribution in [2.24, 2.45) is 0 Å². The number of nitrogens with one attached hydrogen (secondary N) is 3. The molecule has 21 heavy (non-hydrogen) atoms. The Morgan fingerprint density at radius 3 is 3.19 bits per heavy atom. The maximum absolute atomic E-state index is 12.2. The Hall–Kier alpha value is -1.65. The Morgan fingerprint density at radius 1 is 1.38 bits per heavy atom. The standard InChI is InChI=1S/C17H22N3O/c21-17(12-18-9-7-15-3-1-2-8-19-15)14-5-4-13-6-10-20-16(13)11-14/h4-5,10-11,15,18-20H,1-3,7-9,12H2. The lowest BCUT2D eigenvalue weighted by Gasteiger charge is -2.23. The van der Waals surface area contributed by atoms with Gasteiger partial charge in [0.05, 0.1) is 6.54 Å². The molecule has 0 bridgehead atoms. The van der Waals surface area contributed by atoms with Crippen LogP contribution in [0.25, 0.3) is 10.9 Å². The molecule has 4 heteroatoms. The van der Waals surface area contributed by atoms with E-state index in [0.717, 1.165) is 36.0 Å². The van der Waals surface area contributed by atoms with Crippen LogP contribution in [0.3, 0.4) is 0 Å². The second-order valence-electron chi connectivity index (χ2n) is 5.73. The van der Waals surface area contributed by atoms with E-state index in [9.17, 15) is 4.79 Å². The van der Waals surface area contributed by atoms with Crippen molar-refractivity contribution >= 4 is 16.7 Å². The largest absolute Gasteiger partial charge is 0.361 e. The second kappa shape index (κ2) is 6.87. The van der Waals surface area contributed by atoms with Gasteiger partial charge >= 0.3 is 0 Å². The van der Waals surface area contributed by atoms with Gasteiger partial charge in [0.25, 0.3) is 0 Å². The predicted molar refractivity (Wildman–Crippen MR) is 84.6 cm³/mol. The summed E-state index contributed by atoms with van der Waals surface area (Å²) in [6, 6.07) is 9.41. The first-order valence-corrected chi connectivity index (χ1v) is 7.79. The smallest absolute Gasteiger partial charge is 0.176 e. The summed E-state index contributed by atoms with van der Waals surface area (Å²) in [5, 5.41) is 7.81. The number of hydrogen-bond acceptors (Lipinski definition) is 3. The van der Waals surface area contributed by atoms with Gasteiger partial charge < -0.3 is 15.6 Å². The second-order valence-corrected chi connectivity index (χ2v) is 5.73. The average molecular weight is 284 g/mol. The first-order chi connectivity index (χ1) is 10.3. The van der Waals surface area contributed by atoms with E-state index in [2.05, 4.69) is 21.7 Å². The first-order valence-electron chi connectivity index (χ1n) is 7.79. The third-order valence-electron chi connectivity index (χ3n) is 4.16. The Balaban J connectivity index is 1.45. The van der Waals surface area contributed by atoms with Crippen molar-refractivity contribution in [3.05, 3.63) is 36.0 Å². The van der Waals surface area contributed by atoms with Crippen molar-refractivity contribution < 1.29 is 4.79 Å². The van der Waals surface area contributed by atoms with Gasteiger partial charge in [-0.3, -0.25) is 4.79 Å². The fourth-order valence-corrected chi connectivity index (χ4v) is 2.91. The van der Waals surface area contributed by atoms with Crippen molar-refractivity contribution in [2.45, 2.75) is 31.7 Å². The monoisotopic (exact) mass is 284 g/mol. The molecule has 3 rings (SSSR count). The molecule has 1 aromatic heterocycles. The molecule has 111 valence electrons. The van der Waals surface area contributed by atoms with Gasteiger partial charge in [-0.25, -0.2) is 0 Å². The van der Waals surface area contributed by atoms with E-state index in [1.165, 1.54) is 19.3 Å². The van der Waals surface area contributed by atoms with Gasteiger partial charge in [-0.2, -0.15) is 0 Å². The van der Waals surface area contributed by atoms with Crippen LogP contribution in [0.1, 0.15) is 36.0 Å². The van der Waals surface area contributed by atoms with Gasteiger partial charge in [0.1, 0.15) is 0 Å². The fraction of sp³-hybridized carbons (Fsp3) is 0.471. The topological polar surface area (TPSA) is 56.9 Å². The summed E-state index contributed by atoms with van der Waals surface area (Å²) >= 11 is 0. The van der Waals surface area contributed by atoms with Crippen molar-refractivity contribution in [1.29, 1.82) is 0 Å². The maximum Gasteiger partial charge on any atom is 0.176 e. The summed E-state index contributed by atoms with van der Waals surface area (Å²) in [5.41, 5.74) is 1.72. The zero-order chi connectivity index (χ0) is 14.5. The number of benzene rings is 1. The summed E-state index contributed by atoms with van der Waals surface area (Å²) in [5.74, 6) is 0.142. The summed E-state index contributed by atoms with van der Waals surface area (Å²) in [6.45, 7) is 2.43. The molecule has 2 heterocycles. The van der Waals surface area contributed by atoms with Crippen LogP contribution in [-0.4, -0.2) is 36.4 Å². The molecular weight excluding hydrogens is 262 g/mol. The molecule has 0 saturated carbocycles. The Kier molecular flexibility index (Phi) is 4.68. The van der Waals surface area contributed by atoms with Gasteiger partial charge in [0, 0.05) is 34.8 Å². The lowest BCUT2D eigenvalue weighted by Crippen LogP contribution is -2.37. The fourth-order valence-electron chi connectivity index (χ4n) is 2.91. The maximum atomic E-state index is 12.2. The Labute approximate surface area is 125 Å². The number of aromatic amines is 1. The van der Waals surface area contributed by atoms with E-state index in [4.69, 9.17) is 0 Å². The number of Topliss-reactive ketones (excluding diaryl/α,β-unsaturated/α-hetero) is 1. The number of hydrogen-bond donors (Lipinski definition) is 3. The number of ketones is 1. The molecule has 1 atom stereocenters. The molecule has 1 saturated heterocycles.